The van der Waals surface area contributed by atoms with Gasteiger partial charge in [-0.25, -0.2) is 0 Å². The molecule has 2 atom stereocenters. The maximum Gasteiger partial charge on any atom is 0.0235 e. The zero-order valence-electron chi connectivity index (χ0n) is 10.3. The molecule has 1 aliphatic heterocycles. The van der Waals surface area contributed by atoms with Gasteiger partial charge in [0.2, 0.25) is 0 Å². The normalized spacial score (nSPS) is 36.4. The smallest absolute Gasteiger partial charge is 0.0235 e. The second-order valence-corrected chi connectivity index (χ2v) is 5.91. The van der Waals surface area contributed by atoms with Crippen LogP contribution in [0.25, 0.3) is 0 Å². The highest BCUT2D eigenvalue weighted by Crippen LogP contribution is 2.49. The zero-order chi connectivity index (χ0) is 11.0. The van der Waals surface area contributed by atoms with Crippen molar-refractivity contribution in [3.05, 3.63) is 23.9 Å². The molecular formula is C15H23N. The molecule has 88 valence electrons. The Morgan fingerprint density at radius 3 is 2.88 bits per heavy atom. The van der Waals surface area contributed by atoms with Crippen LogP contribution in [0.15, 0.2) is 23.9 Å². The maximum atomic E-state index is 3.69. The van der Waals surface area contributed by atoms with Gasteiger partial charge in [0.25, 0.3) is 0 Å². The molecule has 2 aliphatic carbocycles. The van der Waals surface area contributed by atoms with Crippen molar-refractivity contribution >= 4 is 0 Å². The summed E-state index contributed by atoms with van der Waals surface area (Å²) in [6, 6.07) is 0. The highest BCUT2D eigenvalue weighted by atomic mass is 14.9. The van der Waals surface area contributed by atoms with E-state index in [1.165, 1.54) is 45.1 Å². The third-order valence-electron chi connectivity index (χ3n) is 4.63. The Hall–Kier alpha value is -0.720. The van der Waals surface area contributed by atoms with Crippen molar-refractivity contribution in [3.63, 3.8) is 0 Å². The van der Waals surface area contributed by atoms with Crippen molar-refractivity contribution in [2.24, 2.45) is 17.3 Å². The average molecular weight is 217 g/mol. The first-order valence-corrected chi connectivity index (χ1v) is 6.92. The van der Waals surface area contributed by atoms with Gasteiger partial charge in [0, 0.05) is 23.6 Å². The standard InChI is InChI=1S/C15H23N/c1-2-6-12-9-13(12)14-10-15(11-16-14)7-4-3-5-8-15/h2,6,10,12-13,16H,3-5,7-9,11H2,1H3/b6-2-. The molecule has 0 radical (unpaired) electrons. The molecule has 0 aromatic rings. The highest BCUT2D eigenvalue weighted by Gasteiger charge is 2.43. The fourth-order valence-electron chi connectivity index (χ4n) is 3.56. The van der Waals surface area contributed by atoms with E-state index in [0.29, 0.717) is 5.41 Å². The van der Waals surface area contributed by atoms with E-state index in [-0.39, 0.29) is 0 Å². The van der Waals surface area contributed by atoms with Crippen LogP contribution >= 0.6 is 0 Å². The summed E-state index contributed by atoms with van der Waals surface area (Å²) in [6.07, 6.45) is 15.7. The van der Waals surface area contributed by atoms with Crippen LogP contribution in [0.3, 0.4) is 0 Å². The summed E-state index contributed by atoms with van der Waals surface area (Å²) in [5, 5.41) is 3.69. The molecule has 0 aromatic heterocycles. The van der Waals surface area contributed by atoms with Gasteiger partial charge in [-0.3, -0.25) is 0 Å². The maximum absolute atomic E-state index is 3.69. The van der Waals surface area contributed by atoms with E-state index in [1.54, 1.807) is 5.70 Å². The van der Waals surface area contributed by atoms with Gasteiger partial charge in [-0.1, -0.05) is 37.5 Å². The lowest BCUT2D eigenvalue weighted by molar-refractivity contribution is 0.270. The van der Waals surface area contributed by atoms with Gasteiger partial charge in [-0.05, 0) is 32.1 Å². The minimum Gasteiger partial charge on any atom is -0.387 e. The molecule has 0 amide bonds. The van der Waals surface area contributed by atoms with E-state index in [2.05, 4.69) is 30.5 Å². The summed E-state index contributed by atoms with van der Waals surface area (Å²) < 4.78 is 0. The van der Waals surface area contributed by atoms with Crippen molar-refractivity contribution in [1.29, 1.82) is 0 Å². The van der Waals surface area contributed by atoms with Gasteiger partial charge < -0.3 is 5.32 Å². The first kappa shape index (κ1) is 10.4. The van der Waals surface area contributed by atoms with Gasteiger partial charge in [0.05, 0.1) is 0 Å². The van der Waals surface area contributed by atoms with Crippen LogP contribution in [-0.2, 0) is 0 Å². The third kappa shape index (κ3) is 1.81. The number of hydrogen-bond acceptors (Lipinski definition) is 1. The molecule has 1 heterocycles. The molecule has 1 heteroatoms. The Balaban J connectivity index is 1.67. The molecular weight excluding hydrogens is 194 g/mol. The van der Waals surface area contributed by atoms with Gasteiger partial charge >= 0.3 is 0 Å². The summed E-state index contributed by atoms with van der Waals surface area (Å²) >= 11 is 0. The minimum atomic E-state index is 0.552. The monoisotopic (exact) mass is 217 g/mol. The lowest BCUT2D eigenvalue weighted by atomic mass is 9.75. The summed E-state index contributed by atoms with van der Waals surface area (Å²) in [6.45, 7) is 3.36. The average Bonchev–Trinajstić information content (AvgIpc) is 2.96. The van der Waals surface area contributed by atoms with Crippen LogP contribution in [0.1, 0.15) is 45.4 Å². The Kier molecular flexibility index (Phi) is 2.57. The second-order valence-electron chi connectivity index (χ2n) is 5.91. The van der Waals surface area contributed by atoms with Crippen LogP contribution in [0, 0.1) is 17.3 Å². The van der Waals surface area contributed by atoms with Crippen LogP contribution in [-0.4, -0.2) is 6.54 Å². The summed E-state index contributed by atoms with van der Waals surface area (Å²) in [5.74, 6) is 1.67. The largest absolute Gasteiger partial charge is 0.387 e. The topological polar surface area (TPSA) is 12.0 Å². The number of hydrogen-bond donors (Lipinski definition) is 1. The van der Waals surface area contributed by atoms with Crippen LogP contribution < -0.4 is 5.32 Å². The van der Waals surface area contributed by atoms with Crippen LogP contribution in [0.4, 0.5) is 0 Å². The van der Waals surface area contributed by atoms with Crippen molar-refractivity contribution in [3.8, 4) is 0 Å². The van der Waals surface area contributed by atoms with Crippen molar-refractivity contribution < 1.29 is 0 Å². The Bertz CT molecular complexity index is 320. The highest BCUT2D eigenvalue weighted by molar-refractivity contribution is 5.26. The molecule has 3 rings (SSSR count). The Labute approximate surface area is 99.0 Å². The number of rotatable bonds is 2. The van der Waals surface area contributed by atoms with Gasteiger partial charge in [0.15, 0.2) is 0 Å². The van der Waals surface area contributed by atoms with E-state index >= 15 is 0 Å². The molecule has 1 N–H and O–H groups in total. The fourth-order valence-corrected chi connectivity index (χ4v) is 3.56. The van der Waals surface area contributed by atoms with Gasteiger partial charge in [-0.2, -0.15) is 0 Å². The molecule has 2 saturated carbocycles. The van der Waals surface area contributed by atoms with E-state index in [4.69, 9.17) is 0 Å². The molecule has 3 aliphatic rings. The first-order chi connectivity index (χ1) is 7.83. The summed E-state index contributed by atoms with van der Waals surface area (Å²) in [4.78, 5) is 0. The third-order valence-corrected chi connectivity index (χ3v) is 4.63. The molecule has 1 nitrogen and oxygen atoms in total. The predicted octanol–water partition coefficient (Wildman–Crippen LogP) is 3.64. The molecule has 16 heavy (non-hydrogen) atoms. The van der Waals surface area contributed by atoms with E-state index in [9.17, 15) is 0 Å². The van der Waals surface area contributed by atoms with Crippen molar-refractivity contribution in [1.82, 2.24) is 5.32 Å². The van der Waals surface area contributed by atoms with Gasteiger partial charge in [-0.15, -0.1) is 0 Å². The van der Waals surface area contributed by atoms with E-state index < -0.39 is 0 Å². The summed E-state index contributed by atoms with van der Waals surface area (Å²) in [7, 11) is 0. The van der Waals surface area contributed by atoms with Crippen molar-refractivity contribution in [2.45, 2.75) is 45.4 Å². The predicted molar refractivity (Wildman–Crippen MR) is 68.0 cm³/mol. The lowest BCUT2D eigenvalue weighted by Crippen LogP contribution is -2.27. The van der Waals surface area contributed by atoms with E-state index in [0.717, 1.165) is 11.8 Å². The number of allylic oxidation sites excluding steroid dienone is 3. The second kappa shape index (κ2) is 3.94. The zero-order valence-corrected chi connectivity index (χ0v) is 10.3. The number of nitrogens with one attached hydrogen (secondary N) is 1. The molecule has 2 unspecified atom stereocenters. The minimum absolute atomic E-state index is 0.552. The van der Waals surface area contributed by atoms with Crippen molar-refractivity contribution in [2.75, 3.05) is 6.54 Å². The quantitative estimate of drug-likeness (QED) is 0.696. The summed E-state index contributed by atoms with van der Waals surface area (Å²) in [5.41, 5.74) is 2.13. The molecule has 1 spiro atoms. The lowest BCUT2D eigenvalue weighted by Gasteiger charge is -2.30. The first-order valence-electron chi connectivity index (χ1n) is 6.92. The molecule has 0 bridgehead atoms. The fraction of sp³-hybridized carbons (Fsp3) is 0.733. The van der Waals surface area contributed by atoms with E-state index in [1.807, 2.05) is 0 Å². The molecule has 0 aromatic carbocycles. The Morgan fingerprint density at radius 1 is 1.31 bits per heavy atom. The molecule has 2 fully saturated rings. The molecule has 0 saturated heterocycles. The van der Waals surface area contributed by atoms with Crippen LogP contribution in [0.5, 0.6) is 0 Å². The SMILES string of the molecule is C/C=C\C1CC1C1=CC2(CCCCC2)CN1. The van der Waals surface area contributed by atoms with Crippen LogP contribution in [0.2, 0.25) is 0 Å². The Morgan fingerprint density at radius 2 is 2.12 bits per heavy atom. The van der Waals surface area contributed by atoms with Gasteiger partial charge in [0.1, 0.15) is 0 Å².